The molecule has 0 spiro atoms. The molecule has 0 aliphatic heterocycles. The van der Waals surface area contributed by atoms with E-state index in [2.05, 4.69) is 27.1 Å². The molecule has 0 aliphatic carbocycles. The zero-order valence-corrected chi connectivity index (χ0v) is 18.8. The van der Waals surface area contributed by atoms with Crippen LogP contribution < -0.4 is 10.9 Å². The number of alkyl halides is 1. The molecular formula is C26H28FN3O4. The van der Waals surface area contributed by atoms with E-state index in [1.165, 1.54) is 6.33 Å². The molecule has 8 heteroatoms. The molecule has 0 saturated heterocycles. The number of hydrogen-bond acceptors (Lipinski definition) is 6. The predicted molar refractivity (Wildman–Crippen MR) is 127 cm³/mol. The highest BCUT2D eigenvalue weighted by atomic mass is 19.1. The van der Waals surface area contributed by atoms with Gasteiger partial charge in [0.2, 0.25) is 5.75 Å². The number of rotatable bonds is 9. The third-order valence-electron chi connectivity index (χ3n) is 5.49. The lowest BCUT2D eigenvalue weighted by Crippen LogP contribution is -2.32. The molecular weight excluding hydrogens is 437 g/mol. The molecule has 2 aromatic carbocycles. The van der Waals surface area contributed by atoms with Gasteiger partial charge in [-0.1, -0.05) is 36.1 Å². The van der Waals surface area contributed by atoms with Crippen molar-refractivity contribution in [1.29, 1.82) is 0 Å². The lowest BCUT2D eigenvalue weighted by atomic mass is 9.92. The SMILES string of the molecule is C[C@@H](CF)NCC(Cc1nc[nH]c(=O)c1O)c1ccc(C#Cc2ccc(C(O)CO)cc2)cc1. The van der Waals surface area contributed by atoms with E-state index >= 15 is 0 Å². The maximum absolute atomic E-state index is 12.9. The van der Waals surface area contributed by atoms with Gasteiger partial charge in [0, 0.05) is 36.1 Å². The Balaban J connectivity index is 1.77. The van der Waals surface area contributed by atoms with Crippen LogP contribution in [0, 0.1) is 11.8 Å². The average molecular weight is 466 g/mol. The van der Waals surface area contributed by atoms with Crippen LogP contribution in [-0.4, -0.2) is 51.2 Å². The first-order valence-corrected chi connectivity index (χ1v) is 11.0. The minimum atomic E-state index is -0.906. The number of benzene rings is 2. The molecule has 0 aliphatic rings. The summed E-state index contributed by atoms with van der Waals surface area (Å²) in [5, 5.41) is 31.9. The monoisotopic (exact) mass is 465 g/mol. The van der Waals surface area contributed by atoms with Gasteiger partial charge in [-0.15, -0.1) is 0 Å². The number of aromatic nitrogens is 2. The van der Waals surface area contributed by atoms with Crippen molar-refractivity contribution in [3.63, 3.8) is 0 Å². The summed E-state index contributed by atoms with van der Waals surface area (Å²) in [6, 6.07) is 14.3. The molecule has 178 valence electrons. The van der Waals surface area contributed by atoms with E-state index in [0.717, 1.165) is 16.7 Å². The van der Waals surface area contributed by atoms with Crippen LogP contribution in [0.15, 0.2) is 59.7 Å². The number of aromatic amines is 1. The molecule has 3 aromatic rings. The fourth-order valence-electron chi connectivity index (χ4n) is 3.39. The maximum Gasteiger partial charge on any atom is 0.293 e. The Kier molecular flexibility index (Phi) is 8.93. The molecule has 3 rings (SSSR count). The van der Waals surface area contributed by atoms with Gasteiger partial charge in [0.05, 0.1) is 18.6 Å². The van der Waals surface area contributed by atoms with E-state index in [1.807, 2.05) is 24.3 Å². The lowest BCUT2D eigenvalue weighted by molar-refractivity contribution is 0.0956. The highest BCUT2D eigenvalue weighted by molar-refractivity contribution is 5.44. The number of aliphatic hydroxyl groups is 2. The minimum absolute atomic E-state index is 0.151. The van der Waals surface area contributed by atoms with Gasteiger partial charge in [-0.05, 0) is 42.3 Å². The highest BCUT2D eigenvalue weighted by Gasteiger charge is 2.18. The van der Waals surface area contributed by atoms with Crippen LogP contribution in [-0.2, 0) is 6.42 Å². The molecule has 5 N–H and O–H groups in total. The maximum atomic E-state index is 12.9. The Morgan fingerprint density at radius 3 is 2.21 bits per heavy atom. The lowest BCUT2D eigenvalue weighted by Gasteiger charge is -2.20. The quantitative estimate of drug-likeness (QED) is 0.309. The van der Waals surface area contributed by atoms with Gasteiger partial charge in [-0.25, -0.2) is 9.37 Å². The number of halogens is 1. The van der Waals surface area contributed by atoms with Crippen molar-refractivity contribution in [2.24, 2.45) is 0 Å². The van der Waals surface area contributed by atoms with E-state index in [0.29, 0.717) is 18.5 Å². The van der Waals surface area contributed by atoms with E-state index in [1.54, 1.807) is 31.2 Å². The second-order valence-electron chi connectivity index (χ2n) is 8.08. The summed E-state index contributed by atoms with van der Waals surface area (Å²) in [6.07, 6.45) is 0.650. The first kappa shape index (κ1) is 25.1. The zero-order chi connectivity index (χ0) is 24.5. The Labute approximate surface area is 197 Å². The van der Waals surface area contributed by atoms with Crippen LogP contribution in [0.3, 0.4) is 0 Å². The highest BCUT2D eigenvalue weighted by Crippen LogP contribution is 2.23. The van der Waals surface area contributed by atoms with Crippen LogP contribution in [0.5, 0.6) is 5.75 Å². The van der Waals surface area contributed by atoms with E-state index in [4.69, 9.17) is 5.11 Å². The standard InChI is InChI=1S/C26H28FN3O4/c1-17(13-27)28-14-22(12-23-25(33)26(34)30-16-29-23)20-8-4-18(5-9-20)2-3-19-6-10-21(11-7-19)24(32)15-31/h4-11,16-17,22,24,28,31-33H,12-15H2,1H3,(H,29,30,34)/t17-,22?,24?/m0/s1. The van der Waals surface area contributed by atoms with Crippen molar-refractivity contribution >= 4 is 0 Å². The first-order chi connectivity index (χ1) is 16.4. The third kappa shape index (κ3) is 6.75. The molecule has 1 aromatic heterocycles. The Morgan fingerprint density at radius 1 is 1.06 bits per heavy atom. The van der Waals surface area contributed by atoms with Crippen molar-refractivity contribution < 1.29 is 19.7 Å². The van der Waals surface area contributed by atoms with Gasteiger partial charge in [-0.3, -0.25) is 4.79 Å². The summed E-state index contributed by atoms with van der Waals surface area (Å²) in [5.74, 6) is 5.59. The minimum Gasteiger partial charge on any atom is -0.502 e. The third-order valence-corrected chi connectivity index (χ3v) is 5.49. The fraction of sp³-hybridized carbons (Fsp3) is 0.308. The zero-order valence-electron chi connectivity index (χ0n) is 18.8. The predicted octanol–water partition coefficient (Wildman–Crippen LogP) is 2.17. The molecule has 0 saturated carbocycles. The van der Waals surface area contributed by atoms with Crippen LogP contribution in [0.4, 0.5) is 4.39 Å². The van der Waals surface area contributed by atoms with Gasteiger partial charge in [0.15, 0.2) is 0 Å². The molecule has 2 unspecified atom stereocenters. The van der Waals surface area contributed by atoms with Crippen molar-refractivity contribution in [2.45, 2.75) is 31.4 Å². The number of H-pyrrole nitrogens is 1. The Hall–Kier alpha value is -3.51. The van der Waals surface area contributed by atoms with Crippen molar-refractivity contribution in [1.82, 2.24) is 15.3 Å². The van der Waals surface area contributed by atoms with Gasteiger partial charge in [-0.2, -0.15) is 0 Å². The van der Waals surface area contributed by atoms with E-state index in [-0.39, 0.29) is 24.3 Å². The van der Waals surface area contributed by atoms with E-state index < -0.39 is 24.1 Å². The van der Waals surface area contributed by atoms with Crippen LogP contribution in [0.1, 0.15) is 46.9 Å². The molecule has 3 atom stereocenters. The van der Waals surface area contributed by atoms with Gasteiger partial charge < -0.3 is 25.6 Å². The van der Waals surface area contributed by atoms with Gasteiger partial charge in [0.25, 0.3) is 5.56 Å². The molecule has 1 heterocycles. The molecule has 0 bridgehead atoms. The topological polar surface area (TPSA) is 118 Å². The second kappa shape index (κ2) is 12.1. The normalized spacial score (nSPS) is 13.5. The van der Waals surface area contributed by atoms with Gasteiger partial charge in [0.1, 0.15) is 12.8 Å². The summed E-state index contributed by atoms with van der Waals surface area (Å²) < 4.78 is 12.9. The fourth-order valence-corrected chi connectivity index (χ4v) is 3.39. The number of aliphatic hydroxyl groups excluding tert-OH is 2. The van der Waals surface area contributed by atoms with Crippen molar-refractivity contribution in [3.05, 3.63) is 93.2 Å². The Bertz CT molecular complexity index is 1180. The number of nitrogens with zero attached hydrogens (tertiary/aromatic N) is 1. The summed E-state index contributed by atoms with van der Waals surface area (Å²) in [4.78, 5) is 18.2. The van der Waals surface area contributed by atoms with Gasteiger partial charge >= 0.3 is 0 Å². The van der Waals surface area contributed by atoms with Crippen LogP contribution in [0.2, 0.25) is 0 Å². The molecule has 7 nitrogen and oxygen atoms in total. The second-order valence-corrected chi connectivity index (χ2v) is 8.08. The van der Waals surface area contributed by atoms with Crippen LogP contribution >= 0.6 is 0 Å². The number of nitrogens with one attached hydrogen (secondary N) is 2. The average Bonchev–Trinajstić information content (AvgIpc) is 2.87. The number of hydrogen-bond donors (Lipinski definition) is 5. The number of aromatic hydroxyl groups is 1. The smallest absolute Gasteiger partial charge is 0.293 e. The first-order valence-electron chi connectivity index (χ1n) is 11.0. The molecule has 0 radical (unpaired) electrons. The molecule has 34 heavy (non-hydrogen) atoms. The Morgan fingerprint density at radius 2 is 1.65 bits per heavy atom. The van der Waals surface area contributed by atoms with Crippen LogP contribution in [0.25, 0.3) is 0 Å². The summed E-state index contributed by atoms with van der Waals surface area (Å²) >= 11 is 0. The summed E-state index contributed by atoms with van der Waals surface area (Å²) in [6.45, 7) is 1.35. The molecule has 0 fully saturated rings. The largest absolute Gasteiger partial charge is 0.502 e. The summed E-state index contributed by atoms with van der Waals surface area (Å²) in [5.41, 5.74) is 2.81. The van der Waals surface area contributed by atoms with Crippen molar-refractivity contribution in [3.8, 4) is 17.6 Å². The van der Waals surface area contributed by atoms with Crippen molar-refractivity contribution in [2.75, 3.05) is 19.8 Å². The summed E-state index contributed by atoms with van der Waals surface area (Å²) in [7, 11) is 0. The molecule has 0 amide bonds. The van der Waals surface area contributed by atoms with E-state index in [9.17, 15) is 19.4 Å².